The fourth-order valence-electron chi connectivity index (χ4n) is 1.14. The number of nitrogens with zero attached hydrogens (tertiary/aromatic N) is 1. The zero-order chi connectivity index (χ0) is 10.6. The highest BCUT2D eigenvalue weighted by Gasteiger charge is 2.07. The molecular formula is C12H13NO. The third-order valence-electron chi connectivity index (χ3n) is 2.01. The van der Waals surface area contributed by atoms with Gasteiger partial charge in [-0.3, -0.25) is 4.79 Å². The Hall–Kier alpha value is -1.75. The molecule has 0 heterocycles. The van der Waals surface area contributed by atoms with Crippen LogP contribution >= 0.6 is 0 Å². The maximum absolute atomic E-state index is 11.4. The van der Waals surface area contributed by atoms with Gasteiger partial charge in [-0.15, -0.1) is 6.42 Å². The molecule has 0 aliphatic rings. The lowest BCUT2D eigenvalue weighted by molar-refractivity contribution is -0.127. The maximum atomic E-state index is 11.4. The van der Waals surface area contributed by atoms with E-state index in [1.165, 1.54) is 0 Å². The minimum Gasteiger partial charge on any atom is -0.349 e. The van der Waals surface area contributed by atoms with Crippen molar-refractivity contribution in [2.45, 2.75) is 6.42 Å². The molecule has 72 valence electrons. The lowest BCUT2D eigenvalue weighted by Gasteiger charge is -2.10. The Morgan fingerprint density at radius 2 is 2.07 bits per heavy atom. The average molecular weight is 187 g/mol. The SMILES string of the molecule is C#Cc1ccccc1CC(=O)N(C)C. The molecule has 1 amide bonds. The fraction of sp³-hybridized carbons (Fsp3) is 0.250. The van der Waals surface area contributed by atoms with Gasteiger partial charge in [-0.2, -0.15) is 0 Å². The first-order valence-corrected chi connectivity index (χ1v) is 4.40. The third kappa shape index (κ3) is 2.37. The third-order valence-corrected chi connectivity index (χ3v) is 2.01. The second kappa shape index (κ2) is 4.48. The molecule has 0 aliphatic heterocycles. The summed E-state index contributed by atoms with van der Waals surface area (Å²) in [5.41, 5.74) is 1.71. The van der Waals surface area contributed by atoms with Gasteiger partial charge in [-0.25, -0.2) is 0 Å². The van der Waals surface area contributed by atoms with Gasteiger partial charge in [0.2, 0.25) is 5.91 Å². The predicted octanol–water partition coefficient (Wildman–Crippen LogP) is 1.30. The summed E-state index contributed by atoms with van der Waals surface area (Å²) in [5.74, 6) is 2.63. The zero-order valence-electron chi connectivity index (χ0n) is 8.45. The average Bonchev–Trinajstić information content (AvgIpc) is 2.18. The fourth-order valence-corrected chi connectivity index (χ4v) is 1.14. The van der Waals surface area contributed by atoms with Gasteiger partial charge in [0.15, 0.2) is 0 Å². The topological polar surface area (TPSA) is 20.3 Å². The van der Waals surface area contributed by atoms with E-state index in [1.54, 1.807) is 19.0 Å². The molecule has 0 atom stereocenters. The number of rotatable bonds is 2. The molecule has 1 aromatic rings. The van der Waals surface area contributed by atoms with Crippen molar-refractivity contribution in [1.29, 1.82) is 0 Å². The predicted molar refractivity (Wildman–Crippen MR) is 56.8 cm³/mol. The van der Waals surface area contributed by atoms with Crippen LogP contribution in [0.4, 0.5) is 0 Å². The molecule has 14 heavy (non-hydrogen) atoms. The molecule has 0 unspecified atom stereocenters. The van der Waals surface area contributed by atoms with Crippen LogP contribution in [0.3, 0.4) is 0 Å². The number of benzene rings is 1. The second-order valence-electron chi connectivity index (χ2n) is 3.27. The summed E-state index contributed by atoms with van der Waals surface area (Å²) < 4.78 is 0. The quantitative estimate of drug-likeness (QED) is 0.639. The number of carbonyl (C=O) groups is 1. The lowest BCUT2D eigenvalue weighted by Crippen LogP contribution is -2.23. The highest BCUT2D eigenvalue weighted by atomic mass is 16.2. The van der Waals surface area contributed by atoms with Crippen molar-refractivity contribution < 1.29 is 4.79 Å². The second-order valence-corrected chi connectivity index (χ2v) is 3.27. The van der Waals surface area contributed by atoms with Crippen LogP contribution in [0, 0.1) is 12.3 Å². The number of amides is 1. The molecule has 0 N–H and O–H groups in total. The number of hydrogen-bond acceptors (Lipinski definition) is 1. The van der Waals surface area contributed by atoms with Crippen LogP contribution in [0.15, 0.2) is 24.3 Å². The molecule has 0 saturated heterocycles. The molecule has 0 aromatic heterocycles. The molecule has 0 spiro atoms. The van der Waals surface area contributed by atoms with Crippen molar-refractivity contribution in [2.24, 2.45) is 0 Å². The van der Waals surface area contributed by atoms with Gasteiger partial charge in [0.05, 0.1) is 6.42 Å². The van der Waals surface area contributed by atoms with Gasteiger partial charge in [0.25, 0.3) is 0 Å². The van der Waals surface area contributed by atoms with Gasteiger partial charge in [-0.05, 0) is 11.6 Å². The Morgan fingerprint density at radius 1 is 1.43 bits per heavy atom. The summed E-state index contributed by atoms with van der Waals surface area (Å²) in [7, 11) is 3.47. The minimum atomic E-state index is 0.0627. The van der Waals surface area contributed by atoms with Crippen molar-refractivity contribution in [3.05, 3.63) is 35.4 Å². The van der Waals surface area contributed by atoms with Crippen molar-refractivity contribution >= 4 is 5.91 Å². The minimum absolute atomic E-state index is 0.0627. The normalized spacial score (nSPS) is 9.21. The van der Waals surface area contributed by atoms with Crippen LogP contribution in [-0.4, -0.2) is 24.9 Å². The maximum Gasteiger partial charge on any atom is 0.226 e. The first-order valence-electron chi connectivity index (χ1n) is 4.40. The largest absolute Gasteiger partial charge is 0.349 e. The first kappa shape index (κ1) is 10.3. The summed E-state index contributed by atoms with van der Waals surface area (Å²) >= 11 is 0. The monoisotopic (exact) mass is 187 g/mol. The summed E-state index contributed by atoms with van der Waals surface area (Å²) in [4.78, 5) is 13.0. The van der Waals surface area contributed by atoms with E-state index in [0.29, 0.717) is 6.42 Å². The van der Waals surface area contributed by atoms with E-state index in [9.17, 15) is 4.79 Å². The Balaban J connectivity index is 2.87. The van der Waals surface area contributed by atoms with E-state index in [1.807, 2.05) is 24.3 Å². The van der Waals surface area contributed by atoms with Gasteiger partial charge in [0, 0.05) is 19.7 Å². The van der Waals surface area contributed by atoms with E-state index < -0.39 is 0 Å². The summed E-state index contributed by atoms with van der Waals surface area (Å²) in [5, 5.41) is 0. The molecular weight excluding hydrogens is 174 g/mol. The Kier molecular flexibility index (Phi) is 3.30. The summed E-state index contributed by atoms with van der Waals surface area (Å²) in [6.07, 6.45) is 5.70. The van der Waals surface area contributed by atoms with Crippen molar-refractivity contribution in [2.75, 3.05) is 14.1 Å². The standard InChI is InChI=1S/C12H13NO/c1-4-10-7-5-6-8-11(10)9-12(14)13(2)3/h1,5-8H,9H2,2-3H3. The van der Waals surface area contributed by atoms with Gasteiger partial charge in [-0.1, -0.05) is 24.1 Å². The molecule has 0 radical (unpaired) electrons. The van der Waals surface area contributed by atoms with Crippen LogP contribution in [0.25, 0.3) is 0 Å². The van der Waals surface area contributed by atoms with Crippen molar-refractivity contribution in [3.63, 3.8) is 0 Å². The van der Waals surface area contributed by atoms with Crippen LogP contribution in [-0.2, 0) is 11.2 Å². The highest BCUT2D eigenvalue weighted by Crippen LogP contribution is 2.08. The molecule has 1 aromatic carbocycles. The summed E-state index contributed by atoms with van der Waals surface area (Å²) in [6, 6.07) is 7.49. The Labute approximate surface area is 84.5 Å². The van der Waals surface area contributed by atoms with Crippen molar-refractivity contribution in [1.82, 2.24) is 4.90 Å². The van der Waals surface area contributed by atoms with Crippen molar-refractivity contribution in [3.8, 4) is 12.3 Å². The molecule has 0 aliphatic carbocycles. The van der Waals surface area contributed by atoms with E-state index in [4.69, 9.17) is 6.42 Å². The van der Waals surface area contributed by atoms with E-state index in [2.05, 4.69) is 5.92 Å². The molecule has 1 rings (SSSR count). The van der Waals surface area contributed by atoms with Gasteiger partial charge >= 0.3 is 0 Å². The van der Waals surface area contributed by atoms with E-state index >= 15 is 0 Å². The van der Waals surface area contributed by atoms with E-state index in [0.717, 1.165) is 11.1 Å². The molecule has 2 heteroatoms. The lowest BCUT2D eigenvalue weighted by atomic mass is 10.0. The smallest absolute Gasteiger partial charge is 0.226 e. The van der Waals surface area contributed by atoms with Crippen LogP contribution < -0.4 is 0 Å². The molecule has 0 fully saturated rings. The molecule has 2 nitrogen and oxygen atoms in total. The zero-order valence-corrected chi connectivity index (χ0v) is 8.45. The van der Waals surface area contributed by atoms with Crippen LogP contribution in [0.2, 0.25) is 0 Å². The Morgan fingerprint density at radius 3 is 2.64 bits per heavy atom. The summed E-state index contributed by atoms with van der Waals surface area (Å²) in [6.45, 7) is 0. The number of carbonyl (C=O) groups excluding carboxylic acids is 1. The van der Waals surface area contributed by atoms with Crippen LogP contribution in [0.1, 0.15) is 11.1 Å². The van der Waals surface area contributed by atoms with Gasteiger partial charge < -0.3 is 4.90 Å². The molecule has 0 saturated carbocycles. The highest BCUT2D eigenvalue weighted by molar-refractivity contribution is 5.78. The Bertz CT molecular complexity index is 374. The van der Waals surface area contributed by atoms with Gasteiger partial charge in [0.1, 0.15) is 0 Å². The first-order chi connectivity index (χ1) is 6.65. The van der Waals surface area contributed by atoms with Crippen LogP contribution in [0.5, 0.6) is 0 Å². The number of likely N-dealkylation sites (N-methyl/N-ethyl adjacent to an activating group) is 1. The molecule has 0 bridgehead atoms. The van der Waals surface area contributed by atoms with E-state index in [-0.39, 0.29) is 5.91 Å². The number of terminal acetylenes is 1. The number of hydrogen-bond donors (Lipinski definition) is 0.